The van der Waals surface area contributed by atoms with E-state index in [1.54, 1.807) is 6.07 Å². The van der Waals surface area contributed by atoms with Crippen LogP contribution < -0.4 is 14.2 Å². The number of nitrogens with one attached hydrogen (secondary N) is 1. The van der Waals surface area contributed by atoms with Crippen molar-refractivity contribution in [2.45, 2.75) is 43.7 Å². The molecule has 25 heavy (non-hydrogen) atoms. The maximum Gasteiger partial charge on any atom is 0.241 e. The Kier molecular flexibility index (Phi) is 4.39. The van der Waals surface area contributed by atoms with Gasteiger partial charge in [0.1, 0.15) is 5.82 Å². The predicted octanol–water partition coefficient (Wildman–Crippen LogP) is 1.86. The van der Waals surface area contributed by atoms with Crippen molar-refractivity contribution >= 4 is 10.0 Å². The van der Waals surface area contributed by atoms with Crippen molar-refractivity contribution in [1.82, 2.24) is 14.3 Å². The van der Waals surface area contributed by atoms with E-state index >= 15 is 0 Å². The zero-order chi connectivity index (χ0) is 17.3. The molecule has 0 atom stereocenters. The van der Waals surface area contributed by atoms with Crippen molar-refractivity contribution < 1.29 is 17.9 Å². The number of aryl methyl sites for hydroxylation is 2. The van der Waals surface area contributed by atoms with Crippen molar-refractivity contribution in [3.8, 4) is 11.5 Å². The van der Waals surface area contributed by atoms with Crippen LogP contribution in [0.5, 0.6) is 11.5 Å². The smallest absolute Gasteiger partial charge is 0.241 e. The third-order valence-electron chi connectivity index (χ3n) is 4.43. The van der Waals surface area contributed by atoms with Crippen molar-refractivity contribution in [1.29, 1.82) is 0 Å². The third-order valence-corrected chi connectivity index (χ3v) is 5.83. The first-order valence-electron chi connectivity index (χ1n) is 8.56. The number of ether oxygens (including phenoxy) is 2. The quantitative estimate of drug-likeness (QED) is 0.897. The number of imidazole rings is 1. The van der Waals surface area contributed by atoms with Crippen LogP contribution in [-0.4, -0.2) is 31.2 Å². The SMILES string of the molecule is O=S(=O)(NCc1cn2c(n1)CCCC2)c1ccc2c(c1)OCCCO2. The van der Waals surface area contributed by atoms with E-state index < -0.39 is 10.0 Å². The van der Waals surface area contributed by atoms with Gasteiger partial charge in [-0.05, 0) is 25.0 Å². The van der Waals surface area contributed by atoms with Crippen LogP contribution in [0.25, 0.3) is 0 Å². The van der Waals surface area contributed by atoms with Crippen LogP contribution in [0.2, 0.25) is 0 Å². The van der Waals surface area contributed by atoms with Gasteiger partial charge in [-0.3, -0.25) is 0 Å². The molecule has 7 nitrogen and oxygen atoms in total. The molecule has 0 fully saturated rings. The minimum atomic E-state index is -3.64. The lowest BCUT2D eigenvalue weighted by Gasteiger charge is -2.11. The number of hydrogen-bond donors (Lipinski definition) is 1. The molecule has 8 heteroatoms. The summed E-state index contributed by atoms with van der Waals surface area (Å²) in [4.78, 5) is 4.69. The molecule has 1 aromatic heterocycles. The number of fused-ring (bicyclic) bond motifs is 2. The predicted molar refractivity (Wildman–Crippen MR) is 91.2 cm³/mol. The zero-order valence-electron chi connectivity index (χ0n) is 13.9. The zero-order valence-corrected chi connectivity index (χ0v) is 14.7. The average Bonchev–Trinajstić information content (AvgIpc) is 2.89. The molecule has 0 saturated carbocycles. The lowest BCUT2D eigenvalue weighted by molar-refractivity contribution is 0.297. The molecule has 0 radical (unpaired) electrons. The fourth-order valence-corrected chi connectivity index (χ4v) is 4.13. The Morgan fingerprint density at radius 2 is 1.96 bits per heavy atom. The number of benzene rings is 1. The summed E-state index contributed by atoms with van der Waals surface area (Å²) in [6, 6.07) is 4.69. The van der Waals surface area contributed by atoms with Gasteiger partial charge in [-0.15, -0.1) is 0 Å². The second-order valence-corrected chi connectivity index (χ2v) is 8.05. The van der Waals surface area contributed by atoms with Gasteiger partial charge in [-0.1, -0.05) is 0 Å². The molecule has 1 N–H and O–H groups in total. The monoisotopic (exact) mass is 363 g/mol. The van der Waals surface area contributed by atoms with Gasteiger partial charge < -0.3 is 14.0 Å². The first-order valence-corrected chi connectivity index (χ1v) is 10.0. The minimum absolute atomic E-state index is 0.167. The molecule has 0 amide bonds. The van der Waals surface area contributed by atoms with E-state index in [1.165, 1.54) is 12.1 Å². The van der Waals surface area contributed by atoms with Crippen LogP contribution in [-0.2, 0) is 29.5 Å². The van der Waals surface area contributed by atoms with Crippen molar-refractivity contribution in [2.75, 3.05) is 13.2 Å². The van der Waals surface area contributed by atoms with E-state index in [2.05, 4.69) is 14.3 Å². The highest BCUT2D eigenvalue weighted by atomic mass is 32.2. The summed E-state index contributed by atoms with van der Waals surface area (Å²) in [7, 11) is -3.64. The van der Waals surface area contributed by atoms with Crippen LogP contribution in [0, 0.1) is 0 Å². The lowest BCUT2D eigenvalue weighted by Crippen LogP contribution is -2.23. The Morgan fingerprint density at radius 1 is 1.12 bits per heavy atom. The Morgan fingerprint density at radius 3 is 2.80 bits per heavy atom. The fraction of sp³-hybridized carbons (Fsp3) is 0.471. The highest BCUT2D eigenvalue weighted by molar-refractivity contribution is 7.89. The third kappa shape index (κ3) is 3.50. The van der Waals surface area contributed by atoms with Crippen LogP contribution in [0.15, 0.2) is 29.3 Å². The van der Waals surface area contributed by atoms with Crippen molar-refractivity contribution in [2.24, 2.45) is 0 Å². The average molecular weight is 363 g/mol. The molecule has 134 valence electrons. The highest BCUT2D eigenvalue weighted by Crippen LogP contribution is 2.31. The molecule has 0 aliphatic carbocycles. The summed E-state index contributed by atoms with van der Waals surface area (Å²) >= 11 is 0. The van der Waals surface area contributed by atoms with Crippen molar-refractivity contribution in [3.05, 3.63) is 35.9 Å². The number of sulfonamides is 1. The first kappa shape index (κ1) is 16.4. The van der Waals surface area contributed by atoms with Crippen LogP contribution in [0.3, 0.4) is 0 Å². The number of rotatable bonds is 4. The molecule has 0 bridgehead atoms. The van der Waals surface area contributed by atoms with E-state index in [0.29, 0.717) is 24.7 Å². The largest absolute Gasteiger partial charge is 0.490 e. The molecule has 2 aromatic rings. The van der Waals surface area contributed by atoms with E-state index in [4.69, 9.17) is 9.47 Å². The maximum absolute atomic E-state index is 12.6. The molecular formula is C17H21N3O4S. The van der Waals surface area contributed by atoms with E-state index in [9.17, 15) is 8.42 Å². The Balaban J connectivity index is 1.50. The topological polar surface area (TPSA) is 82.5 Å². The molecule has 4 rings (SSSR count). The van der Waals surface area contributed by atoms with E-state index in [1.807, 2.05) is 6.20 Å². The molecular weight excluding hydrogens is 342 g/mol. The van der Waals surface area contributed by atoms with Gasteiger partial charge in [0.25, 0.3) is 0 Å². The fourth-order valence-electron chi connectivity index (χ4n) is 3.12. The van der Waals surface area contributed by atoms with Gasteiger partial charge in [0.15, 0.2) is 11.5 Å². The van der Waals surface area contributed by atoms with Crippen molar-refractivity contribution in [3.63, 3.8) is 0 Å². The minimum Gasteiger partial charge on any atom is -0.490 e. The summed E-state index contributed by atoms with van der Waals surface area (Å²) in [5.41, 5.74) is 0.745. The second kappa shape index (κ2) is 6.68. The summed E-state index contributed by atoms with van der Waals surface area (Å²) in [6.07, 6.45) is 5.95. The van der Waals surface area contributed by atoms with E-state index in [-0.39, 0.29) is 11.4 Å². The highest BCUT2D eigenvalue weighted by Gasteiger charge is 2.20. The molecule has 0 unspecified atom stereocenters. The molecule has 2 aliphatic heterocycles. The van der Waals surface area contributed by atoms with Gasteiger partial charge in [0.2, 0.25) is 10.0 Å². The number of hydrogen-bond acceptors (Lipinski definition) is 5. The standard InChI is InChI=1S/C17H21N3O4S/c21-25(22,14-5-6-15-16(10-14)24-9-3-8-23-15)18-11-13-12-20-7-2-1-4-17(20)19-13/h5-6,10,12,18H,1-4,7-9,11H2. The summed E-state index contributed by atoms with van der Waals surface area (Å²) in [5, 5.41) is 0. The van der Waals surface area contributed by atoms with Gasteiger partial charge in [-0.2, -0.15) is 0 Å². The normalized spacial score (nSPS) is 17.0. The van der Waals surface area contributed by atoms with Gasteiger partial charge >= 0.3 is 0 Å². The van der Waals surface area contributed by atoms with Gasteiger partial charge in [0, 0.05) is 31.6 Å². The number of aromatic nitrogens is 2. The number of nitrogens with zero attached hydrogens (tertiary/aromatic N) is 2. The Hall–Kier alpha value is -2.06. The Labute approximate surface area is 147 Å². The second-order valence-electron chi connectivity index (χ2n) is 6.28. The molecule has 1 aromatic carbocycles. The summed E-state index contributed by atoms with van der Waals surface area (Å²) < 4.78 is 41.0. The van der Waals surface area contributed by atoms with E-state index in [0.717, 1.165) is 43.7 Å². The van der Waals surface area contributed by atoms with Crippen LogP contribution in [0.1, 0.15) is 30.8 Å². The van der Waals surface area contributed by atoms with Crippen LogP contribution >= 0.6 is 0 Å². The maximum atomic E-state index is 12.6. The molecule has 0 saturated heterocycles. The van der Waals surface area contributed by atoms with Gasteiger partial charge in [-0.25, -0.2) is 18.1 Å². The Bertz CT molecular complexity index is 853. The molecule has 0 spiro atoms. The summed E-state index contributed by atoms with van der Waals surface area (Å²) in [6.45, 7) is 2.22. The first-order chi connectivity index (χ1) is 12.1. The summed E-state index contributed by atoms with van der Waals surface area (Å²) in [5.74, 6) is 2.09. The molecule has 3 heterocycles. The molecule has 2 aliphatic rings. The van der Waals surface area contributed by atoms with Gasteiger partial charge in [0.05, 0.1) is 30.3 Å². The van der Waals surface area contributed by atoms with Crippen LogP contribution in [0.4, 0.5) is 0 Å². The lowest BCUT2D eigenvalue weighted by atomic mass is 10.2.